The molecule has 6 nitrogen and oxygen atoms in total. The van der Waals surface area contributed by atoms with Crippen molar-refractivity contribution >= 4 is 18.0 Å². The Hall–Kier alpha value is -2.34. The van der Waals surface area contributed by atoms with Crippen molar-refractivity contribution in [2.24, 2.45) is 0 Å². The first-order chi connectivity index (χ1) is 9.35. The highest BCUT2D eigenvalue weighted by Gasteiger charge is 2.29. The minimum absolute atomic E-state index is 0.367. The molecule has 0 aliphatic carbocycles. The maximum absolute atomic E-state index is 11.5. The van der Waals surface area contributed by atoms with Crippen LogP contribution >= 0.6 is 0 Å². The van der Waals surface area contributed by atoms with Crippen LogP contribution in [0.25, 0.3) is 6.08 Å². The molecule has 0 radical (unpaired) electrons. The van der Waals surface area contributed by atoms with E-state index in [1.807, 2.05) is 0 Å². The van der Waals surface area contributed by atoms with Crippen LogP contribution < -0.4 is 10.1 Å². The molecule has 0 aliphatic heterocycles. The average Bonchev–Trinajstić information content (AvgIpc) is 2.43. The molecule has 108 valence electrons. The molecule has 0 saturated heterocycles. The lowest BCUT2D eigenvalue weighted by atomic mass is 10.1. The van der Waals surface area contributed by atoms with Crippen molar-refractivity contribution in [2.75, 3.05) is 13.7 Å². The van der Waals surface area contributed by atoms with Gasteiger partial charge in [-0.1, -0.05) is 12.1 Å². The Labute approximate surface area is 116 Å². The third kappa shape index (κ3) is 4.74. The van der Waals surface area contributed by atoms with Gasteiger partial charge in [0.1, 0.15) is 5.75 Å². The summed E-state index contributed by atoms with van der Waals surface area (Å²) in [6, 6.07) is 7.06. The number of carboxylic acid groups (broad SMARTS) is 1. The van der Waals surface area contributed by atoms with Gasteiger partial charge in [-0.05, 0) is 30.7 Å². The zero-order valence-electron chi connectivity index (χ0n) is 11.3. The Morgan fingerprint density at radius 2 is 1.95 bits per heavy atom. The van der Waals surface area contributed by atoms with Crippen LogP contribution in [-0.2, 0) is 9.59 Å². The highest BCUT2D eigenvalue weighted by atomic mass is 16.5. The SMILES string of the molecule is COc1ccc(C=CC(=O)NCC(C)(O)C(=O)O)cc1. The lowest BCUT2D eigenvalue weighted by Crippen LogP contribution is -2.46. The molecule has 1 amide bonds. The summed E-state index contributed by atoms with van der Waals surface area (Å²) in [6.07, 6.45) is 2.84. The van der Waals surface area contributed by atoms with Gasteiger partial charge in [0.2, 0.25) is 5.91 Å². The molecule has 1 rings (SSSR count). The van der Waals surface area contributed by atoms with Gasteiger partial charge in [-0.15, -0.1) is 0 Å². The van der Waals surface area contributed by atoms with E-state index in [1.165, 1.54) is 6.08 Å². The molecular weight excluding hydrogens is 262 g/mol. The van der Waals surface area contributed by atoms with Crippen molar-refractivity contribution in [3.8, 4) is 5.75 Å². The zero-order chi connectivity index (χ0) is 15.2. The number of ether oxygens (including phenoxy) is 1. The van der Waals surface area contributed by atoms with Crippen molar-refractivity contribution < 1.29 is 24.5 Å². The Morgan fingerprint density at radius 3 is 2.45 bits per heavy atom. The first-order valence-corrected chi connectivity index (χ1v) is 5.91. The van der Waals surface area contributed by atoms with Crippen LogP contribution in [0.3, 0.4) is 0 Å². The number of hydrogen-bond donors (Lipinski definition) is 3. The summed E-state index contributed by atoms with van der Waals surface area (Å²) in [7, 11) is 1.56. The fourth-order valence-electron chi connectivity index (χ4n) is 1.28. The summed E-state index contributed by atoms with van der Waals surface area (Å²) in [5.41, 5.74) is -1.19. The van der Waals surface area contributed by atoms with E-state index in [1.54, 1.807) is 37.5 Å². The minimum Gasteiger partial charge on any atom is -0.497 e. The van der Waals surface area contributed by atoms with Gasteiger partial charge < -0.3 is 20.3 Å². The maximum Gasteiger partial charge on any atom is 0.337 e. The number of carboxylic acids is 1. The first kappa shape index (κ1) is 15.7. The van der Waals surface area contributed by atoms with Crippen LogP contribution in [0.1, 0.15) is 12.5 Å². The summed E-state index contributed by atoms with van der Waals surface area (Å²) in [4.78, 5) is 22.1. The second kappa shape index (κ2) is 6.72. The fraction of sp³-hybridized carbons (Fsp3) is 0.286. The molecule has 0 spiro atoms. The predicted octanol–water partition coefficient (Wildman–Crippen LogP) is 0.660. The van der Waals surface area contributed by atoms with E-state index in [2.05, 4.69) is 5.32 Å². The topological polar surface area (TPSA) is 95.9 Å². The van der Waals surface area contributed by atoms with Gasteiger partial charge in [0, 0.05) is 6.08 Å². The smallest absolute Gasteiger partial charge is 0.337 e. The van der Waals surface area contributed by atoms with E-state index in [4.69, 9.17) is 9.84 Å². The third-order valence-corrected chi connectivity index (χ3v) is 2.61. The van der Waals surface area contributed by atoms with Gasteiger partial charge in [0.25, 0.3) is 0 Å². The highest BCUT2D eigenvalue weighted by molar-refractivity contribution is 5.92. The second-order valence-electron chi connectivity index (χ2n) is 4.40. The van der Waals surface area contributed by atoms with Crippen LogP contribution in [0.15, 0.2) is 30.3 Å². The molecule has 0 saturated carbocycles. The number of methoxy groups -OCH3 is 1. The van der Waals surface area contributed by atoms with E-state index in [9.17, 15) is 14.7 Å². The van der Waals surface area contributed by atoms with Gasteiger partial charge in [-0.3, -0.25) is 4.79 Å². The minimum atomic E-state index is -1.98. The van der Waals surface area contributed by atoms with Gasteiger partial charge in [0.15, 0.2) is 5.60 Å². The Balaban J connectivity index is 2.53. The molecule has 1 aromatic rings. The summed E-state index contributed by atoms with van der Waals surface area (Å²) in [5, 5.41) is 20.4. The molecular formula is C14H17NO5. The van der Waals surface area contributed by atoms with Crippen LogP contribution in [0.4, 0.5) is 0 Å². The van der Waals surface area contributed by atoms with Crippen molar-refractivity contribution in [3.05, 3.63) is 35.9 Å². The lowest BCUT2D eigenvalue weighted by molar-refractivity contribution is -0.156. The fourth-order valence-corrected chi connectivity index (χ4v) is 1.28. The van der Waals surface area contributed by atoms with Crippen LogP contribution in [0.5, 0.6) is 5.75 Å². The standard InChI is InChI=1S/C14H17NO5/c1-14(19,13(17)18)9-15-12(16)8-5-10-3-6-11(20-2)7-4-10/h3-8,19H,9H2,1-2H3,(H,15,16)(H,17,18). The summed E-state index contributed by atoms with van der Waals surface area (Å²) in [5.74, 6) is -1.16. The quantitative estimate of drug-likeness (QED) is 0.665. The molecule has 20 heavy (non-hydrogen) atoms. The molecule has 0 aliphatic rings. The third-order valence-electron chi connectivity index (χ3n) is 2.61. The lowest BCUT2D eigenvalue weighted by Gasteiger charge is -2.17. The van der Waals surface area contributed by atoms with Crippen molar-refractivity contribution in [3.63, 3.8) is 0 Å². The summed E-state index contributed by atoms with van der Waals surface area (Å²) >= 11 is 0. The molecule has 6 heteroatoms. The van der Waals surface area contributed by atoms with E-state index >= 15 is 0 Å². The number of aliphatic carboxylic acids is 1. The molecule has 0 fully saturated rings. The van der Waals surface area contributed by atoms with Crippen LogP contribution in [-0.4, -0.2) is 41.3 Å². The molecule has 1 atom stereocenters. The Morgan fingerprint density at radius 1 is 1.35 bits per heavy atom. The van der Waals surface area contributed by atoms with Crippen LogP contribution in [0.2, 0.25) is 0 Å². The number of benzene rings is 1. The normalized spacial score (nSPS) is 13.8. The van der Waals surface area contributed by atoms with Crippen molar-refractivity contribution in [2.45, 2.75) is 12.5 Å². The van der Waals surface area contributed by atoms with Crippen molar-refractivity contribution in [1.29, 1.82) is 0 Å². The van der Waals surface area contributed by atoms with Gasteiger partial charge >= 0.3 is 5.97 Å². The second-order valence-corrected chi connectivity index (χ2v) is 4.40. The number of nitrogens with one attached hydrogen (secondary N) is 1. The number of carbonyl (C=O) groups is 2. The number of carbonyl (C=O) groups excluding carboxylic acids is 1. The largest absolute Gasteiger partial charge is 0.497 e. The molecule has 0 aromatic heterocycles. The van der Waals surface area contributed by atoms with Gasteiger partial charge in [-0.2, -0.15) is 0 Å². The Bertz CT molecular complexity index is 505. The summed E-state index contributed by atoms with van der Waals surface area (Å²) < 4.78 is 5.01. The Kier molecular flexibility index (Phi) is 5.28. The monoisotopic (exact) mass is 279 g/mol. The number of aliphatic hydroxyl groups is 1. The number of hydrogen-bond acceptors (Lipinski definition) is 4. The molecule has 3 N–H and O–H groups in total. The zero-order valence-corrected chi connectivity index (χ0v) is 11.3. The molecule has 1 aromatic carbocycles. The van der Waals surface area contributed by atoms with E-state index in [-0.39, 0.29) is 6.54 Å². The first-order valence-electron chi connectivity index (χ1n) is 5.91. The number of amides is 1. The van der Waals surface area contributed by atoms with Crippen LogP contribution in [0, 0.1) is 0 Å². The summed E-state index contributed by atoms with van der Waals surface area (Å²) in [6.45, 7) is 0.747. The number of rotatable bonds is 6. The maximum atomic E-state index is 11.5. The van der Waals surface area contributed by atoms with E-state index in [0.29, 0.717) is 5.75 Å². The van der Waals surface area contributed by atoms with E-state index in [0.717, 1.165) is 12.5 Å². The molecule has 0 bridgehead atoms. The highest BCUT2D eigenvalue weighted by Crippen LogP contribution is 2.12. The molecule has 0 heterocycles. The van der Waals surface area contributed by atoms with E-state index < -0.39 is 17.5 Å². The predicted molar refractivity (Wildman–Crippen MR) is 73.3 cm³/mol. The molecule has 1 unspecified atom stereocenters. The van der Waals surface area contributed by atoms with Gasteiger partial charge in [0.05, 0.1) is 13.7 Å². The average molecular weight is 279 g/mol. The van der Waals surface area contributed by atoms with Gasteiger partial charge in [-0.25, -0.2) is 4.79 Å². The van der Waals surface area contributed by atoms with Crippen molar-refractivity contribution in [1.82, 2.24) is 5.32 Å².